The standard InChI is InChI=1S/C24H29N3OS/c1-2-3-4-5-11-26-12-8-18(9-13-26)22-16-27(25)23-7-6-19(15-21(22)23)24(28)20-10-14-29-17-20/h6-8,10,14-17H,2-5,9,11-13,25H2,1H3. The Morgan fingerprint density at radius 1 is 1.17 bits per heavy atom. The van der Waals surface area contributed by atoms with Gasteiger partial charge in [-0.2, -0.15) is 11.3 Å². The molecule has 0 fully saturated rings. The topological polar surface area (TPSA) is 51.3 Å². The van der Waals surface area contributed by atoms with Crippen LogP contribution in [0.5, 0.6) is 0 Å². The maximum atomic E-state index is 12.8. The molecule has 0 spiro atoms. The molecule has 0 radical (unpaired) electrons. The summed E-state index contributed by atoms with van der Waals surface area (Å²) >= 11 is 1.55. The zero-order valence-corrected chi connectivity index (χ0v) is 17.9. The molecule has 1 aromatic carbocycles. The van der Waals surface area contributed by atoms with Gasteiger partial charge >= 0.3 is 0 Å². The Labute approximate surface area is 176 Å². The molecule has 4 nitrogen and oxygen atoms in total. The minimum Gasteiger partial charge on any atom is -0.339 e. The lowest BCUT2D eigenvalue weighted by molar-refractivity contribution is 0.103. The molecule has 3 heterocycles. The first-order valence-corrected chi connectivity index (χ1v) is 11.5. The van der Waals surface area contributed by atoms with E-state index in [1.807, 2.05) is 41.2 Å². The van der Waals surface area contributed by atoms with Gasteiger partial charge in [-0.15, -0.1) is 0 Å². The average Bonchev–Trinajstić information content (AvgIpc) is 3.40. The first-order valence-electron chi connectivity index (χ1n) is 10.6. The third kappa shape index (κ3) is 4.31. The Hall–Kier alpha value is -2.37. The van der Waals surface area contributed by atoms with E-state index >= 15 is 0 Å². The summed E-state index contributed by atoms with van der Waals surface area (Å²) in [5, 5.41) is 4.91. The lowest BCUT2D eigenvalue weighted by Crippen LogP contribution is -2.29. The van der Waals surface area contributed by atoms with E-state index in [2.05, 4.69) is 17.9 Å². The Morgan fingerprint density at radius 3 is 2.79 bits per heavy atom. The predicted octanol–water partition coefficient (Wildman–Crippen LogP) is 5.32. The highest BCUT2D eigenvalue weighted by Gasteiger charge is 2.18. The molecule has 4 rings (SSSR count). The van der Waals surface area contributed by atoms with Gasteiger partial charge in [0, 0.05) is 46.7 Å². The van der Waals surface area contributed by atoms with E-state index in [1.54, 1.807) is 16.0 Å². The third-order valence-electron chi connectivity index (χ3n) is 5.85. The van der Waals surface area contributed by atoms with E-state index < -0.39 is 0 Å². The average molecular weight is 408 g/mol. The van der Waals surface area contributed by atoms with Gasteiger partial charge in [-0.25, -0.2) is 0 Å². The second-order valence-corrected chi connectivity index (χ2v) is 8.64. The largest absolute Gasteiger partial charge is 0.339 e. The number of carbonyl (C=O) groups excluding carboxylic acids is 1. The summed E-state index contributed by atoms with van der Waals surface area (Å²) in [7, 11) is 0. The lowest BCUT2D eigenvalue weighted by atomic mass is 9.96. The SMILES string of the molecule is CCCCCCN1CC=C(c2cn(N)c3ccc(C(=O)c4ccsc4)cc23)CC1. The number of nitrogen functional groups attached to an aromatic ring is 1. The van der Waals surface area contributed by atoms with E-state index in [0.717, 1.165) is 47.1 Å². The number of unbranched alkanes of at least 4 members (excludes halogenated alkanes) is 3. The summed E-state index contributed by atoms with van der Waals surface area (Å²) in [5.74, 6) is 6.29. The van der Waals surface area contributed by atoms with E-state index in [4.69, 9.17) is 5.84 Å². The quantitative estimate of drug-likeness (QED) is 0.312. The molecular weight excluding hydrogens is 378 g/mol. The second-order valence-electron chi connectivity index (χ2n) is 7.86. The fraction of sp³-hybridized carbons (Fsp3) is 0.375. The van der Waals surface area contributed by atoms with Crippen molar-refractivity contribution < 1.29 is 4.79 Å². The molecular formula is C24H29N3OS. The zero-order valence-electron chi connectivity index (χ0n) is 17.1. The molecule has 2 aromatic heterocycles. The summed E-state index contributed by atoms with van der Waals surface area (Å²) in [6, 6.07) is 7.72. The summed E-state index contributed by atoms with van der Waals surface area (Å²) in [4.78, 5) is 15.3. The third-order valence-corrected chi connectivity index (χ3v) is 6.53. The van der Waals surface area contributed by atoms with Crippen LogP contribution < -0.4 is 5.84 Å². The lowest BCUT2D eigenvalue weighted by Gasteiger charge is -2.26. The summed E-state index contributed by atoms with van der Waals surface area (Å²) in [6.07, 6.45) is 10.6. The smallest absolute Gasteiger partial charge is 0.193 e. The molecule has 0 amide bonds. The molecule has 3 aromatic rings. The van der Waals surface area contributed by atoms with Gasteiger partial charge in [0.25, 0.3) is 0 Å². The first kappa shape index (κ1) is 19.9. The maximum absolute atomic E-state index is 12.8. The van der Waals surface area contributed by atoms with Gasteiger partial charge in [0.2, 0.25) is 0 Å². The van der Waals surface area contributed by atoms with Crippen molar-refractivity contribution in [2.24, 2.45) is 0 Å². The maximum Gasteiger partial charge on any atom is 0.193 e. The molecule has 0 bridgehead atoms. The highest BCUT2D eigenvalue weighted by Crippen LogP contribution is 2.31. The fourth-order valence-electron chi connectivity index (χ4n) is 4.13. The molecule has 0 saturated heterocycles. The number of ketones is 1. The van der Waals surface area contributed by atoms with Crippen LogP contribution in [0, 0.1) is 0 Å². The van der Waals surface area contributed by atoms with Crippen molar-refractivity contribution >= 4 is 33.6 Å². The van der Waals surface area contributed by atoms with Crippen LogP contribution in [0.15, 0.2) is 47.3 Å². The van der Waals surface area contributed by atoms with Gasteiger partial charge in [-0.3, -0.25) is 14.4 Å². The van der Waals surface area contributed by atoms with Crippen molar-refractivity contribution in [2.75, 3.05) is 25.5 Å². The molecule has 1 aliphatic heterocycles. The number of carbonyl (C=O) groups is 1. The summed E-state index contributed by atoms with van der Waals surface area (Å²) in [6.45, 7) is 5.51. The monoisotopic (exact) mass is 407 g/mol. The summed E-state index contributed by atoms with van der Waals surface area (Å²) < 4.78 is 1.68. The summed E-state index contributed by atoms with van der Waals surface area (Å²) in [5.41, 5.74) is 4.93. The zero-order chi connectivity index (χ0) is 20.2. The van der Waals surface area contributed by atoms with Crippen molar-refractivity contribution in [1.82, 2.24) is 9.58 Å². The number of aromatic nitrogens is 1. The molecule has 152 valence electrons. The van der Waals surface area contributed by atoms with Gasteiger partial charge in [0.05, 0.1) is 5.52 Å². The molecule has 5 heteroatoms. The first-order chi connectivity index (χ1) is 14.2. The number of hydrogen-bond donors (Lipinski definition) is 1. The van der Waals surface area contributed by atoms with E-state index in [1.165, 1.54) is 37.8 Å². The second kappa shape index (κ2) is 8.97. The number of benzene rings is 1. The van der Waals surface area contributed by atoms with Crippen LogP contribution in [0.2, 0.25) is 0 Å². The number of rotatable bonds is 8. The minimum atomic E-state index is 0.0692. The fourth-order valence-corrected chi connectivity index (χ4v) is 4.77. The van der Waals surface area contributed by atoms with Crippen LogP contribution >= 0.6 is 11.3 Å². The van der Waals surface area contributed by atoms with Gasteiger partial charge in [-0.1, -0.05) is 32.3 Å². The van der Waals surface area contributed by atoms with Gasteiger partial charge in [0.15, 0.2) is 5.78 Å². The highest BCUT2D eigenvalue weighted by atomic mass is 32.1. The van der Waals surface area contributed by atoms with Crippen LogP contribution in [0.1, 0.15) is 60.5 Å². The molecule has 1 aliphatic rings. The van der Waals surface area contributed by atoms with Gasteiger partial charge in [0.1, 0.15) is 0 Å². The molecule has 0 aliphatic carbocycles. The number of nitrogens with zero attached hydrogens (tertiary/aromatic N) is 2. The van der Waals surface area contributed by atoms with Crippen molar-refractivity contribution in [3.05, 3.63) is 64.0 Å². The molecule has 0 saturated carbocycles. The van der Waals surface area contributed by atoms with E-state index in [9.17, 15) is 4.79 Å². The van der Waals surface area contributed by atoms with Gasteiger partial charge < -0.3 is 5.84 Å². The number of hydrogen-bond acceptors (Lipinski definition) is 4. The normalized spacial score (nSPS) is 15.0. The molecule has 0 atom stereocenters. The number of fused-ring (bicyclic) bond motifs is 1. The van der Waals surface area contributed by atoms with E-state index in [0.29, 0.717) is 0 Å². The molecule has 2 N–H and O–H groups in total. The Bertz CT molecular complexity index is 1020. The van der Waals surface area contributed by atoms with Crippen LogP contribution in [-0.2, 0) is 0 Å². The van der Waals surface area contributed by atoms with Crippen molar-refractivity contribution in [1.29, 1.82) is 0 Å². The number of thiophene rings is 1. The van der Waals surface area contributed by atoms with Crippen molar-refractivity contribution in [3.63, 3.8) is 0 Å². The highest BCUT2D eigenvalue weighted by molar-refractivity contribution is 7.08. The van der Waals surface area contributed by atoms with Gasteiger partial charge in [-0.05, 0) is 54.6 Å². The van der Waals surface area contributed by atoms with Crippen molar-refractivity contribution in [3.8, 4) is 0 Å². The van der Waals surface area contributed by atoms with Crippen LogP contribution in [0.25, 0.3) is 16.5 Å². The van der Waals surface area contributed by atoms with Crippen LogP contribution in [0.4, 0.5) is 0 Å². The predicted molar refractivity (Wildman–Crippen MR) is 123 cm³/mol. The van der Waals surface area contributed by atoms with Crippen LogP contribution in [-0.4, -0.2) is 35.0 Å². The minimum absolute atomic E-state index is 0.0692. The Kier molecular flexibility index (Phi) is 6.16. The molecule has 29 heavy (non-hydrogen) atoms. The van der Waals surface area contributed by atoms with Crippen LogP contribution in [0.3, 0.4) is 0 Å². The Balaban J connectivity index is 1.55. The van der Waals surface area contributed by atoms with Crippen molar-refractivity contribution in [2.45, 2.75) is 39.0 Å². The van der Waals surface area contributed by atoms with E-state index in [-0.39, 0.29) is 5.78 Å². The molecule has 0 unspecified atom stereocenters. The number of nitrogens with two attached hydrogens (primary N) is 1. The Morgan fingerprint density at radius 2 is 2.07 bits per heavy atom.